The zero-order valence-electron chi connectivity index (χ0n) is 38.2. The zero-order chi connectivity index (χ0) is 48.9. The third-order valence-corrected chi connectivity index (χ3v) is 13.6. The lowest BCUT2D eigenvalue weighted by Gasteiger charge is -2.17. The van der Waals surface area contributed by atoms with Crippen molar-refractivity contribution in [3.05, 3.63) is 246 Å². The average Bonchev–Trinajstić information content (AvgIpc) is 3.96. The van der Waals surface area contributed by atoms with Crippen LogP contribution in [0.15, 0.2) is 206 Å². The van der Waals surface area contributed by atoms with Crippen LogP contribution in [0.5, 0.6) is 0 Å². The molecule has 0 N–H and O–H groups in total. The van der Waals surface area contributed by atoms with Gasteiger partial charge in [-0.05, 0) is 117 Å². The molecule has 0 saturated heterocycles. The van der Waals surface area contributed by atoms with E-state index in [0.717, 1.165) is 105 Å². The number of hydrogen-bond donors (Lipinski definition) is 0. The molecule has 0 radical (unpaired) electrons. The molecule has 8 nitrogen and oxygen atoms in total. The molecule has 330 valence electrons. The van der Waals surface area contributed by atoms with Crippen molar-refractivity contribution in [1.29, 1.82) is 15.8 Å². The predicted octanol–water partition coefficient (Wildman–Crippen LogP) is 16.3. The lowest BCUT2D eigenvalue weighted by molar-refractivity contribution is 1.06. The van der Waals surface area contributed by atoms with Crippen LogP contribution in [-0.4, -0.2) is 14.1 Å². The van der Waals surface area contributed by atoms with Gasteiger partial charge in [0.1, 0.15) is 5.82 Å². The fraction of sp³-hybridized carbons (Fsp3) is 0. The molecule has 12 aromatic rings. The van der Waals surface area contributed by atoms with Crippen molar-refractivity contribution < 1.29 is 0 Å². The van der Waals surface area contributed by atoms with Crippen LogP contribution in [0.3, 0.4) is 0 Å². The summed E-state index contributed by atoms with van der Waals surface area (Å²) in [7, 11) is 0. The predicted molar refractivity (Wildman–Crippen MR) is 287 cm³/mol. The number of nitriles is 3. The second-order valence-electron chi connectivity index (χ2n) is 17.5. The van der Waals surface area contributed by atoms with Crippen molar-refractivity contribution in [3.8, 4) is 85.3 Å². The SMILES string of the molecule is [C-]#[N+]c1ccc(-c2ccc3c4ccc(-c5ccc(C#N)cc5)cc4n(-c4cc(-c5ccc(C#N)cc5)c(-n5c6cc(-c7ccc(C#N)cc7)ccc6c6ccc(-c7ccc([N+]#[C-])cc7)cc65)cn4)c3c2)cc1. The Morgan fingerprint density at radius 1 is 0.347 bits per heavy atom. The van der Waals surface area contributed by atoms with Crippen molar-refractivity contribution in [2.45, 2.75) is 0 Å². The standard InChI is InChI=1S/C64H34N8/c1-68-52-23-15-45(16-24-52)49-20-28-55-54-27-19-48(43-9-3-40(36-65)4-10-43)31-59(54)71(60(55)32-49)63-39-70-64(35-58(63)47-13-7-42(38-67)8-14-47)72-61-33-50(44-11-5-41(37-66)6-12-44)21-29-56(61)57-30-22-51(34-62(57)72)46-17-25-53(69-2)26-18-46/h3-35,39H. The minimum atomic E-state index is 0.544. The van der Waals surface area contributed by atoms with E-state index in [1.54, 1.807) is 0 Å². The molecule has 0 spiro atoms. The van der Waals surface area contributed by atoms with E-state index in [2.05, 4.69) is 116 Å². The molecule has 0 aliphatic heterocycles. The topological polar surface area (TPSA) is 103 Å². The summed E-state index contributed by atoms with van der Waals surface area (Å²) in [6.45, 7) is 15.1. The van der Waals surface area contributed by atoms with E-state index in [0.29, 0.717) is 33.9 Å². The van der Waals surface area contributed by atoms with Gasteiger partial charge in [0.2, 0.25) is 0 Å². The first-order valence-electron chi connectivity index (χ1n) is 23.1. The summed E-state index contributed by atoms with van der Waals surface area (Å²) in [4.78, 5) is 12.7. The summed E-state index contributed by atoms with van der Waals surface area (Å²) >= 11 is 0. The molecule has 0 fully saturated rings. The van der Waals surface area contributed by atoms with E-state index in [4.69, 9.17) is 18.1 Å². The number of fused-ring (bicyclic) bond motifs is 6. The molecule has 0 bridgehead atoms. The Bertz CT molecular complexity index is 4160. The fourth-order valence-electron chi connectivity index (χ4n) is 9.89. The second kappa shape index (κ2) is 17.4. The molecular weight excluding hydrogens is 881 g/mol. The summed E-state index contributed by atoms with van der Waals surface area (Å²) in [5.74, 6) is 0.676. The average molecular weight is 915 g/mol. The van der Waals surface area contributed by atoms with Crippen molar-refractivity contribution in [2.24, 2.45) is 0 Å². The van der Waals surface area contributed by atoms with Gasteiger partial charge >= 0.3 is 0 Å². The highest BCUT2D eigenvalue weighted by molar-refractivity contribution is 6.13. The van der Waals surface area contributed by atoms with Crippen molar-refractivity contribution in [2.75, 3.05) is 0 Å². The molecule has 9 aromatic carbocycles. The Morgan fingerprint density at radius 3 is 0.986 bits per heavy atom. The van der Waals surface area contributed by atoms with Crippen molar-refractivity contribution in [3.63, 3.8) is 0 Å². The molecule has 0 atom stereocenters. The molecule has 8 heteroatoms. The van der Waals surface area contributed by atoms with E-state index >= 15 is 0 Å². The highest BCUT2D eigenvalue weighted by Gasteiger charge is 2.22. The monoisotopic (exact) mass is 914 g/mol. The summed E-state index contributed by atoms with van der Waals surface area (Å²) in [5, 5.41) is 33.3. The minimum absolute atomic E-state index is 0.544. The van der Waals surface area contributed by atoms with Crippen LogP contribution in [0.4, 0.5) is 11.4 Å². The molecule has 3 aromatic heterocycles. The fourth-order valence-corrected chi connectivity index (χ4v) is 9.89. The first-order chi connectivity index (χ1) is 35.4. The van der Waals surface area contributed by atoms with E-state index in [-0.39, 0.29) is 0 Å². The lowest BCUT2D eigenvalue weighted by Crippen LogP contribution is -2.03. The Morgan fingerprint density at radius 2 is 0.653 bits per heavy atom. The number of aromatic nitrogens is 3. The van der Waals surface area contributed by atoms with Crippen LogP contribution >= 0.6 is 0 Å². The minimum Gasteiger partial charge on any atom is -0.307 e. The molecule has 12 rings (SSSR count). The summed E-state index contributed by atoms with van der Waals surface area (Å²) < 4.78 is 4.49. The van der Waals surface area contributed by atoms with Gasteiger partial charge in [-0.1, -0.05) is 133 Å². The molecule has 72 heavy (non-hydrogen) atoms. The van der Waals surface area contributed by atoms with Crippen LogP contribution < -0.4 is 0 Å². The van der Waals surface area contributed by atoms with E-state index in [1.165, 1.54) is 0 Å². The maximum absolute atomic E-state index is 9.95. The molecule has 0 amide bonds. The zero-order valence-corrected chi connectivity index (χ0v) is 38.2. The van der Waals surface area contributed by atoms with Gasteiger partial charge in [0.05, 0.1) is 82.0 Å². The number of nitrogens with zero attached hydrogens (tertiary/aromatic N) is 8. The van der Waals surface area contributed by atoms with Crippen LogP contribution in [0.1, 0.15) is 16.7 Å². The normalized spacial score (nSPS) is 11.0. The number of rotatable bonds is 7. The lowest BCUT2D eigenvalue weighted by atomic mass is 10.0. The van der Waals surface area contributed by atoms with Gasteiger partial charge < -0.3 is 4.57 Å². The van der Waals surface area contributed by atoms with Crippen molar-refractivity contribution >= 4 is 55.0 Å². The second-order valence-corrected chi connectivity index (χ2v) is 17.5. The third kappa shape index (κ3) is 7.25. The smallest absolute Gasteiger partial charge is 0.187 e. The van der Waals surface area contributed by atoms with Crippen LogP contribution in [0.2, 0.25) is 0 Å². The van der Waals surface area contributed by atoms with Gasteiger partial charge in [0.15, 0.2) is 11.4 Å². The third-order valence-electron chi connectivity index (χ3n) is 13.6. The quantitative estimate of drug-likeness (QED) is 0.149. The number of pyridine rings is 1. The summed E-state index contributed by atoms with van der Waals surface area (Å²) in [5.41, 5.74) is 17.1. The number of benzene rings is 9. The van der Waals surface area contributed by atoms with Gasteiger partial charge in [-0.2, -0.15) is 15.8 Å². The van der Waals surface area contributed by atoms with Gasteiger partial charge in [-0.3, -0.25) is 4.57 Å². The molecular formula is C64H34N8. The van der Waals surface area contributed by atoms with Gasteiger partial charge in [-0.15, -0.1) is 0 Å². The van der Waals surface area contributed by atoms with E-state index in [9.17, 15) is 15.8 Å². The maximum Gasteiger partial charge on any atom is 0.187 e. The Labute approximate surface area is 414 Å². The molecule has 0 aliphatic carbocycles. The van der Waals surface area contributed by atoms with Crippen LogP contribution in [-0.2, 0) is 0 Å². The largest absolute Gasteiger partial charge is 0.307 e. The maximum atomic E-state index is 9.95. The Hall–Kier alpha value is -10.8. The van der Waals surface area contributed by atoms with Crippen LogP contribution in [0, 0.1) is 47.1 Å². The highest BCUT2D eigenvalue weighted by Crippen LogP contribution is 2.42. The Kier molecular flexibility index (Phi) is 10.3. The number of hydrogen-bond acceptors (Lipinski definition) is 4. The van der Waals surface area contributed by atoms with Crippen molar-refractivity contribution in [1.82, 2.24) is 14.1 Å². The molecule has 0 saturated carbocycles. The van der Waals surface area contributed by atoms with E-state index < -0.39 is 0 Å². The van der Waals surface area contributed by atoms with Crippen LogP contribution in [0.25, 0.3) is 120 Å². The summed E-state index contributed by atoms with van der Waals surface area (Å²) in [6, 6.07) is 72.9. The summed E-state index contributed by atoms with van der Waals surface area (Å²) in [6.07, 6.45) is 1.95. The van der Waals surface area contributed by atoms with Gasteiger partial charge in [0, 0.05) is 27.1 Å². The first kappa shape index (κ1) is 42.5. The Balaban J connectivity index is 1.14. The first-order valence-corrected chi connectivity index (χ1v) is 23.1. The van der Waals surface area contributed by atoms with Gasteiger partial charge in [0.25, 0.3) is 0 Å². The highest BCUT2D eigenvalue weighted by atomic mass is 15.1. The van der Waals surface area contributed by atoms with E-state index in [1.807, 2.05) is 128 Å². The molecule has 0 unspecified atom stereocenters. The molecule has 3 heterocycles. The molecule has 0 aliphatic rings. The van der Waals surface area contributed by atoms with Gasteiger partial charge in [-0.25, -0.2) is 14.7 Å².